The van der Waals surface area contributed by atoms with Gasteiger partial charge in [0.2, 0.25) is 0 Å². The highest BCUT2D eigenvalue weighted by Crippen LogP contribution is 2.25. The lowest BCUT2D eigenvalue weighted by molar-refractivity contribution is 0.423. The van der Waals surface area contributed by atoms with Crippen LogP contribution in [0.15, 0.2) is 98.5 Å². The summed E-state index contributed by atoms with van der Waals surface area (Å²) in [6, 6.07) is 11.1. The zero-order valence-corrected chi connectivity index (χ0v) is 20.6. The van der Waals surface area contributed by atoms with E-state index in [1.807, 2.05) is 40.2 Å². The molecule has 0 bridgehead atoms. The minimum atomic E-state index is -0.663. The topological polar surface area (TPSA) is 128 Å². The van der Waals surface area contributed by atoms with Crippen LogP contribution >= 0.6 is 0 Å². The molecule has 4 heterocycles. The molecule has 0 saturated heterocycles. The molecular weight excluding hydrogens is 510 g/mol. The second-order valence-electron chi connectivity index (χ2n) is 8.65. The number of nitrogens with zero attached hydrogens (tertiary/aromatic N) is 4. The Labute approximate surface area is 219 Å². The molecule has 0 aliphatic carbocycles. The molecule has 0 unspecified atom stereocenters. The average molecular weight is 533 g/mol. The molecular formula is C27H22F2N6O4. The number of H-pyrrole nitrogens is 2. The summed E-state index contributed by atoms with van der Waals surface area (Å²) < 4.78 is 41.5. The van der Waals surface area contributed by atoms with Gasteiger partial charge < -0.3 is 18.2 Å². The van der Waals surface area contributed by atoms with Crippen LogP contribution in [0.5, 0.6) is 0 Å². The van der Waals surface area contributed by atoms with Crippen LogP contribution in [0.1, 0.15) is 16.7 Å². The molecule has 39 heavy (non-hydrogen) atoms. The van der Waals surface area contributed by atoms with Crippen molar-refractivity contribution in [1.29, 1.82) is 0 Å². The van der Waals surface area contributed by atoms with Gasteiger partial charge in [0, 0.05) is 42.5 Å². The van der Waals surface area contributed by atoms with E-state index in [9.17, 15) is 18.4 Å². The van der Waals surface area contributed by atoms with Gasteiger partial charge in [0.1, 0.15) is 11.6 Å². The van der Waals surface area contributed by atoms with Crippen molar-refractivity contribution in [2.75, 3.05) is 0 Å². The standard InChI is InChI=1S/C14H13N3O2.C13H9F2N3O2/c1-10-13(19-16-14(10)18)12-4-2-11(3-5-12)8-17-7-6-15-9-17;14-10-4-9(12-5-13(19)17-20-12)11(15)3-8(10)6-18-2-1-16-7-18/h2-7,9H,8H2,1H3,(H,16,18);1-5,7H,6H2,(H,17,19). The number of aromatic nitrogens is 6. The van der Waals surface area contributed by atoms with Crippen LogP contribution in [0.25, 0.3) is 22.6 Å². The Morgan fingerprint density at radius 3 is 2.10 bits per heavy atom. The molecule has 0 amide bonds. The van der Waals surface area contributed by atoms with Gasteiger partial charge in [-0.2, -0.15) is 10.3 Å². The lowest BCUT2D eigenvalue weighted by Gasteiger charge is -2.07. The maximum absolute atomic E-state index is 14.0. The Morgan fingerprint density at radius 2 is 1.54 bits per heavy atom. The summed E-state index contributed by atoms with van der Waals surface area (Å²) in [5.74, 6) is -0.692. The molecule has 10 nitrogen and oxygen atoms in total. The molecule has 4 aromatic heterocycles. The van der Waals surface area contributed by atoms with Crippen LogP contribution in [0.4, 0.5) is 8.78 Å². The maximum atomic E-state index is 14.0. The molecule has 0 saturated carbocycles. The number of benzene rings is 2. The fourth-order valence-electron chi connectivity index (χ4n) is 3.87. The van der Waals surface area contributed by atoms with Crippen molar-refractivity contribution in [1.82, 2.24) is 29.4 Å². The lowest BCUT2D eigenvalue weighted by atomic mass is 10.1. The molecule has 0 atom stereocenters. The van der Waals surface area contributed by atoms with E-state index in [-0.39, 0.29) is 29.0 Å². The van der Waals surface area contributed by atoms with Crippen molar-refractivity contribution >= 4 is 0 Å². The van der Waals surface area contributed by atoms with E-state index >= 15 is 0 Å². The van der Waals surface area contributed by atoms with Gasteiger partial charge in [-0.3, -0.25) is 9.59 Å². The van der Waals surface area contributed by atoms with E-state index in [2.05, 4.69) is 15.1 Å². The predicted molar refractivity (Wildman–Crippen MR) is 137 cm³/mol. The van der Waals surface area contributed by atoms with E-state index in [4.69, 9.17) is 9.05 Å². The van der Waals surface area contributed by atoms with Crippen molar-refractivity contribution < 1.29 is 17.8 Å². The van der Waals surface area contributed by atoms with E-state index in [1.165, 1.54) is 6.33 Å². The molecule has 2 aromatic carbocycles. The van der Waals surface area contributed by atoms with E-state index in [1.54, 1.807) is 36.4 Å². The highest BCUT2D eigenvalue weighted by atomic mass is 19.1. The fourth-order valence-corrected chi connectivity index (χ4v) is 3.87. The summed E-state index contributed by atoms with van der Waals surface area (Å²) in [5.41, 5.74) is 2.04. The van der Waals surface area contributed by atoms with E-state index < -0.39 is 17.2 Å². The number of imidazole rings is 2. The largest absolute Gasteiger partial charge is 0.378 e. The first-order valence-electron chi connectivity index (χ1n) is 11.7. The van der Waals surface area contributed by atoms with Gasteiger partial charge in [-0.1, -0.05) is 24.3 Å². The third-order valence-corrected chi connectivity index (χ3v) is 5.90. The summed E-state index contributed by atoms with van der Waals surface area (Å²) in [6.45, 7) is 2.69. The Hall–Kier alpha value is -5.26. The Bertz CT molecular complexity index is 1780. The van der Waals surface area contributed by atoms with E-state index in [0.717, 1.165) is 35.9 Å². The Balaban J connectivity index is 0.000000158. The zero-order valence-electron chi connectivity index (χ0n) is 20.6. The summed E-state index contributed by atoms with van der Waals surface area (Å²) in [6.07, 6.45) is 10.2. The van der Waals surface area contributed by atoms with Crippen molar-refractivity contribution in [2.45, 2.75) is 20.0 Å². The third-order valence-electron chi connectivity index (χ3n) is 5.90. The first-order valence-corrected chi connectivity index (χ1v) is 11.7. The summed E-state index contributed by atoms with van der Waals surface area (Å²) in [4.78, 5) is 30.1. The van der Waals surface area contributed by atoms with Crippen LogP contribution in [0.3, 0.4) is 0 Å². The SMILES string of the molecule is Cc1c(-c2ccc(Cn3ccnc3)cc2)o[nH]c1=O.O=c1cc(-c2cc(F)c(Cn3ccnc3)cc2F)o[nH]1. The second-order valence-corrected chi connectivity index (χ2v) is 8.65. The number of nitrogens with one attached hydrogen (secondary N) is 2. The monoisotopic (exact) mass is 532 g/mol. The van der Waals surface area contributed by atoms with Gasteiger partial charge in [-0.15, -0.1) is 0 Å². The number of halogens is 2. The average Bonchev–Trinajstić information content (AvgIpc) is 3.74. The van der Waals surface area contributed by atoms with Gasteiger partial charge in [0.05, 0.1) is 36.4 Å². The Morgan fingerprint density at radius 1 is 0.846 bits per heavy atom. The Kier molecular flexibility index (Phi) is 7.17. The molecule has 0 fully saturated rings. The third kappa shape index (κ3) is 5.85. The molecule has 2 N–H and O–H groups in total. The lowest BCUT2D eigenvalue weighted by Crippen LogP contribution is -2.01. The first kappa shape index (κ1) is 25.4. The van der Waals surface area contributed by atoms with E-state index in [0.29, 0.717) is 11.3 Å². The van der Waals surface area contributed by atoms with Crippen molar-refractivity contribution in [2.24, 2.45) is 0 Å². The van der Waals surface area contributed by atoms with Gasteiger partial charge in [0.15, 0.2) is 11.5 Å². The van der Waals surface area contributed by atoms with Crippen LogP contribution in [-0.2, 0) is 13.1 Å². The smallest absolute Gasteiger partial charge is 0.283 e. The summed E-state index contributed by atoms with van der Waals surface area (Å²) >= 11 is 0. The number of hydrogen-bond acceptors (Lipinski definition) is 6. The molecule has 0 radical (unpaired) electrons. The minimum Gasteiger partial charge on any atom is -0.378 e. The van der Waals surface area contributed by atoms with Crippen molar-refractivity contribution in [3.8, 4) is 22.6 Å². The number of hydrogen-bond donors (Lipinski definition) is 2. The fraction of sp³-hybridized carbons (Fsp3) is 0.111. The first-order chi connectivity index (χ1) is 18.9. The summed E-state index contributed by atoms with van der Waals surface area (Å²) in [5, 5.41) is 4.38. The molecule has 12 heteroatoms. The van der Waals surface area contributed by atoms with Gasteiger partial charge in [-0.05, 0) is 24.6 Å². The van der Waals surface area contributed by atoms with Crippen LogP contribution in [-0.4, -0.2) is 29.4 Å². The highest BCUT2D eigenvalue weighted by molar-refractivity contribution is 5.60. The van der Waals surface area contributed by atoms with Crippen LogP contribution in [0, 0.1) is 18.6 Å². The van der Waals surface area contributed by atoms with Crippen LogP contribution in [0.2, 0.25) is 0 Å². The highest BCUT2D eigenvalue weighted by Gasteiger charge is 2.15. The summed E-state index contributed by atoms with van der Waals surface area (Å²) in [7, 11) is 0. The maximum Gasteiger partial charge on any atom is 0.283 e. The molecule has 6 aromatic rings. The minimum absolute atomic E-state index is 0.0411. The van der Waals surface area contributed by atoms with Crippen molar-refractivity contribution in [3.63, 3.8) is 0 Å². The number of rotatable bonds is 6. The molecule has 0 aliphatic heterocycles. The second kappa shape index (κ2) is 11.0. The predicted octanol–water partition coefficient (Wildman–Crippen LogP) is 4.35. The van der Waals surface area contributed by atoms with Crippen molar-refractivity contribution in [3.05, 3.63) is 129 Å². The number of aromatic amines is 2. The van der Waals surface area contributed by atoms with Gasteiger partial charge in [0.25, 0.3) is 11.1 Å². The van der Waals surface area contributed by atoms with Gasteiger partial charge in [-0.25, -0.2) is 18.7 Å². The molecule has 0 spiro atoms. The molecule has 6 rings (SSSR count). The quantitative estimate of drug-likeness (QED) is 0.328. The normalized spacial score (nSPS) is 10.8. The van der Waals surface area contributed by atoms with Gasteiger partial charge >= 0.3 is 0 Å². The zero-order chi connectivity index (χ0) is 27.4. The molecule has 0 aliphatic rings. The van der Waals surface area contributed by atoms with Crippen LogP contribution < -0.4 is 11.1 Å². The molecule has 198 valence electrons.